The maximum absolute atomic E-state index is 9.12. The van der Waals surface area contributed by atoms with Gasteiger partial charge in [-0.15, -0.1) is 0 Å². The molecule has 0 aliphatic carbocycles. The second kappa shape index (κ2) is 4.04. The first-order chi connectivity index (χ1) is 4.54. The van der Waals surface area contributed by atoms with E-state index in [4.69, 9.17) is 9.59 Å². The third kappa shape index (κ3) is 2.76. The van der Waals surface area contributed by atoms with E-state index >= 15 is 0 Å². The van der Waals surface area contributed by atoms with Crippen molar-refractivity contribution < 1.29 is 14.0 Å². The largest absolute Gasteiger partial charge is 0.593 e. The first-order valence-corrected chi connectivity index (χ1v) is 5.00. The fourth-order valence-corrected chi connectivity index (χ4v) is 1.46. The van der Waals surface area contributed by atoms with Crippen molar-refractivity contribution in [2.45, 2.75) is 13.3 Å². The molecule has 2 N–H and O–H groups in total. The smallest absolute Gasteiger partial charge is 0.377 e. The molecule has 4 nitrogen and oxygen atoms in total. The molecule has 0 aliphatic heterocycles. The molecule has 0 rings (SSSR count). The molecule has 0 saturated carbocycles. The van der Waals surface area contributed by atoms with Crippen molar-refractivity contribution in [3.63, 3.8) is 0 Å². The van der Waals surface area contributed by atoms with Gasteiger partial charge in [0.2, 0.25) is 0 Å². The second-order valence-corrected chi connectivity index (χ2v) is 4.52. The highest BCUT2D eigenvalue weighted by molar-refractivity contribution is 6.54. The lowest BCUT2D eigenvalue weighted by Gasteiger charge is -2.24. The summed E-state index contributed by atoms with van der Waals surface area (Å²) < 4.78 is 5.98. The van der Waals surface area contributed by atoms with Crippen molar-refractivity contribution in [1.82, 2.24) is 4.57 Å². The topological polar surface area (TPSA) is 52.9 Å². The van der Waals surface area contributed by atoms with E-state index in [1.165, 1.54) is 11.7 Å². The summed E-state index contributed by atoms with van der Waals surface area (Å²) in [5, 5.41) is 0. The molecule has 0 aromatic heterocycles. The van der Waals surface area contributed by atoms with Crippen LogP contribution < -0.4 is 0 Å². The zero-order valence-electron chi connectivity index (χ0n) is 6.66. The predicted octanol–water partition coefficient (Wildman–Crippen LogP) is -0.605. The summed E-state index contributed by atoms with van der Waals surface area (Å²) in [7, 11) is -0.526. The summed E-state index contributed by atoms with van der Waals surface area (Å²) in [4.78, 5) is 18.2. The van der Waals surface area contributed by atoms with E-state index in [-0.39, 0.29) is 0 Å². The minimum Gasteiger partial charge on any atom is -0.377 e. The van der Waals surface area contributed by atoms with Crippen molar-refractivity contribution in [1.29, 1.82) is 0 Å². The van der Waals surface area contributed by atoms with Crippen LogP contribution in [0.4, 0.5) is 0 Å². The van der Waals surface area contributed by atoms with Crippen LogP contribution in [0.3, 0.4) is 0 Å². The molecule has 0 atom stereocenters. The van der Waals surface area contributed by atoms with Gasteiger partial charge in [0.25, 0.3) is 0 Å². The Bertz CT molecular complexity index is 98.9. The highest BCUT2D eigenvalue weighted by atomic mass is 28.4. The normalized spacial score (nSPS) is 12.6. The average molecular weight is 165 g/mol. The first-order valence-electron chi connectivity index (χ1n) is 3.25. The van der Waals surface area contributed by atoms with E-state index < -0.39 is 8.97 Å². The molecule has 0 bridgehead atoms. The summed E-state index contributed by atoms with van der Waals surface area (Å²) in [6.07, 6.45) is 0.885. The quantitative estimate of drug-likeness (QED) is 0.546. The van der Waals surface area contributed by atoms with Crippen LogP contribution in [-0.4, -0.2) is 43.8 Å². The van der Waals surface area contributed by atoms with E-state index in [2.05, 4.69) is 4.43 Å². The molecule has 0 amide bonds. The number of nitrogens with zero attached hydrogens (tertiary/aromatic N) is 1. The van der Waals surface area contributed by atoms with Crippen molar-refractivity contribution >= 4 is 8.97 Å². The standard InChI is InChI=1S/C5H15NO3Si/c1-4-5-6(2)10(7,8)9-3/h7-8H,4-5H2,1-3H3. The highest BCUT2D eigenvalue weighted by Gasteiger charge is 2.36. The molecule has 0 fully saturated rings. The Balaban J connectivity index is 3.78. The van der Waals surface area contributed by atoms with E-state index in [9.17, 15) is 0 Å². The fourth-order valence-electron chi connectivity index (χ4n) is 0.637. The highest BCUT2D eigenvalue weighted by Crippen LogP contribution is 1.99. The van der Waals surface area contributed by atoms with Gasteiger partial charge in [0, 0.05) is 7.11 Å². The predicted molar refractivity (Wildman–Crippen MR) is 40.1 cm³/mol. The molecule has 0 radical (unpaired) electrons. The Morgan fingerprint density at radius 1 is 1.50 bits per heavy atom. The SMILES string of the molecule is CCCN(C)[Si](O)(O)OC. The van der Waals surface area contributed by atoms with Crippen LogP contribution in [0.5, 0.6) is 0 Å². The van der Waals surface area contributed by atoms with Crippen molar-refractivity contribution in [2.24, 2.45) is 0 Å². The molecule has 0 unspecified atom stereocenters. The molecule has 10 heavy (non-hydrogen) atoms. The van der Waals surface area contributed by atoms with Gasteiger partial charge in [0.05, 0.1) is 0 Å². The van der Waals surface area contributed by atoms with Crippen LogP contribution in [0.1, 0.15) is 13.3 Å². The Kier molecular flexibility index (Phi) is 4.07. The Labute approximate surface area is 62.5 Å². The van der Waals surface area contributed by atoms with Gasteiger partial charge in [0.1, 0.15) is 0 Å². The molecule has 0 aromatic rings. The maximum atomic E-state index is 9.12. The van der Waals surface area contributed by atoms with Crippen LogP contribution in [0.15, 0.2) is 0 Å². The van der Waals surface area contributed by atoms with Gasteiger partial charge >= 0.3 is 8.97 Å². The molecule has 0 spiro atoms. The van der Waals surface area contributed by atoms with Gasteiger partial charge in [0.15, 0.2) is 0 Å². The minimum atomic E-state index is -3.47. The van der Waals surface area contributed by atoms with Gasteiger partial charge in [-0.05, 0) is 20.0 Å². The van der Waals surface area contributed by atoms with Gasteiger partial charge < -0.3 is 14.0 Å². The zero-order valence-corrected chi connectivity index (χ0v) is 7.66. The Hall–Kier alpha value is 0.0569. The van der Waals surface area contributed by atoms with E-state index in [0.717, 1.165) is 6.42 Å². The summed E-state index contributed by atoms with van der Waals surface area (Å²) in [5.74, 6) is 0. The average Bonchev–Trinajstić information content (AvgIpc) is 1.89. The molecule has 0 saturated heterocycles. The third-order valence-corrected chi connectivity index (χ3v) is 3.10. The van der Waals surface area contributed by atoms with Gasteiger partial charge in [-0.25, -0.2) is 0 Å². The molecule has 62 valence electrons. The zero-order chi connectivity index (χ0) is 8.20. The van der Waals surface area contributed by atoms with Crippen molar-refractivity contribution in [3.8, 4) is 0 Å². The second-order valence-electron chi connectivity index (χ2n) is 2.20. The summed E-state index contributed by atoms with van der Waals surface area (Å²) >= 11 is 0. The van der Waals surface area contributed by atoms with Gasteiger partial charge in [-0.2, -0.15) is 0 Å². The monoisotopic (exact) mass is 165 g/mol. The van der Waals surface area contributed by atoms with Crippen molar-refractivity contribution in [2.75, 3.05) is 20.7 Å². The van der Waals surface area contributed by atoms with Crippen LogP contribution in [0, 0.1) is 0 Å². The molecular formula is C5H15NO3Si. The van der Waals surface area contributed by atoms with Crippen molar-refractivity contribution in [3.05, 3.63) is 0 Å². The van der Waals surface area contributed by atoms with Crippen LogP contribution in [-0.2, 0) is 4.43 Å². The molecular weight excluding hydrogens is 150 g/mol. The van der Waals surface area contributed by atoms with Gasteiger partial charge in [-0.1, -0.05) is 6.92 Å². The summed E-state index contributed by atoms with van der Waals surface area (Å²) in [6, 6.07) is 0. The molecule has 0 heterocycles. The number of rotatable bonds is 4. The van der Waals surface area contributed by atoms with Crippen LogP contribution in [0.2, 0.25) is 0 Å². The lowest BCUT2D eigenvalue weighted by molar-refractivity contribution is 0.115. The molecule has 5 heteroatoms. The van der Waals surface area contributed by atoms with Crippen LogP contribution >= 0.6 is 0 Å². The number of hydrogen-bond donors (Lipinski definition) is 2. The van der Waals surface area contributed by atoms with Gasteiger partial charge in [-0.3, -0.25) is 4.57 Å². The maximum Gasteiger partial charge on any atom is 0.593 e. The number of hydrogen-bond acceptors (Lipinski definition) is 4. The summed E-state index contributed by atoms with van der Waals surface area (Å²) in [5.41, 5.74) is 0. The summed E-state index contributed by atoms with van der Waals surface area (Å²) in [6.45, 7) is 2.61. The van der Waals surface area contributed by atoms with E-state index in [0.29, 0.717) is 6.54 Å². The Morgan fingerprint density at radius 2 is 2.00 bits per heavy atom. The first kappa shape index (κ1) is 10.1. The van der Waals surface area contributed by atoms with E-state index in [1.807, 2.05) is 6.92 Å². The molecule has 0 aliphatic rings. The fraction of sp³-hybridized carbons (Fsp3) is 1.00. The lowest BCUT2D eigenvalue weighted by Crippen LogP contribution is -2.54. The lowest BCUT2D eigenvalue weighted by atomic mass is 10.5. The third-order valence-electron chi connectivity index (χ3n) is 1.33. The molecule has 0 aromatic carbocycles. The Morgan fingerprint density at radius 3 is 2.30 bits per heavy atom. The minimum absolute atomic E-state index is 0.646. The van der Waals surface area contributed by atoms with Crippen LogP contribution in [0.25, 0.3) is 0 Å². The van der Waals surface area contributed by atoms with E-state index in [1.54, 1.807) is 7.05 Å².